The lowest BCUT2D eigenvalue weighted by Gasteiger charge is -1.69. The van der Waals surface area contributed by atoms with Crippen LogP contribution in [0.5, 0.6) is 0 Å². The first-order chi connectivity index (χ1) is 5.27. The molecule has 0 radical (unpaired) electrons. The molecule has 4 heteroatoms. The maximum Gasteiger partial charge on any atom is 0.335 e. The fourth-order valence-electron chi connectivity index (χ4n) is 0.385. The van der Waals surface area contributed by atoms with Gasteiger partial charge in [0.15, 0.2) is 6.67 Å². The third-order valence-electron chi connectivity index (χ3n) is 0.781. The molecule has 0 bridgehead atoms. The van der Waals surface area contributed by atoms with Crippen LogP contribution in [0.25, 0.3) is 0 Å². The van der Waals surface area contributed by atoms with Gasteiger partial charge in [0.1, 0.15) is 0 Å². The standard InChI is InChI=1S/C6H6.C2H3FO2.ClH/c1-2-4-6-5-3-1;3-1-2(4)5;/h1-6H;1H2,(H,4,5);1H. The first-order valence-corrected chi connectivity index (χ1v) is 3.05. The lowest BCUT2D eigenvalue weighted by molar-refractivity contribution is -0.137. The average Bonchev–Trinajstić information content (AvgIpc) is 2.09. The Morgan fingerprint density at radius 2 is 1.25 bits per heavy atom. The molecule has 68 valence electrons. The van der Waals surface area contributed by atoms with E-state index in [0.29, 0.717) is 0 Å². The second-order valence-corrected chi connectivity index (χ2v) is 1.68. The van der Waals surface area contributed by atoms with E-state index in [1.165, 1.54) is 0 Å². The Hall–Kier alpha value is -1.09. The zero-order chi connectivity index (χ0) is 8.53. The van der Waals surface area contributed by atoms with E-state index in [0.717, 1.165) is 0 Å². The van der Waals surface area contributed by atoms with E-state index < -0.39 is 12.6 Å². The molecule has 0 spiro atoms. The Bertz CT molecular complexity index is 165. The van der Waals surface area contributed by atoms with E-state index in [1.807, 2.05) is 36.4 Å². The van der Waals surface area contributed by atoms with Gasteiger partial charge in [-0.15, -0.1) is 12.4 Å². The maximum atomic E-state index is 10.5. The quantitative estimate of drug-likeness (QED) is 0.740. The molecular weight excluding hydrogens is 183 g/mol. The highest BCUT2D eigenvalue weighted by atomic mass is 35.5. The minimum atomic E-state index is -1.41. The summed E-state index contributed by atoms with van der Waals surface area (Å²) >= 11 is 0. The smallest absolute Gasteiger partial charge is 0.335 e. The molecule has 1 aromatic rings. The Morgan fingerprint density at radius 1 is 1.08 bits per heavy atom. The van der Waals surface area contributed by atoms with E-state index >= 15 is 0 Å². The summed E-state index contributed by atoms with van der Waals surface area (Å²) in [4.78, 5) is 8.99. The van der Waals surface area contributed by atoms with Gasteiger partial charge in [0.25, 0.3) is 0 Å². The fraction of sp³-hybridized carbons (Fsp3) is 0.125. The van der Waals surface area contributed by atoms with Crippen LogP contribution in [0.3, 0.4) is 0 Å². The first kappa shape index (κ1) is 13.5. The molecule has 2 nitrogen and oxygen atoms in total. The number of carbonyl (C=O) groups is 1. The van der Waals surface area contributed by atoms with Gasteiger partial charge in [0, 0.05) is 0 Å². The number of carboxylic acid groups (broad SMARTS) is 1. The Kier molecular flexibility index (Phi) is 11.1. The van der Waals surface area contributed by atoms with Gasteiger partial charge < -0.3 is 5.11 Å². The molecule has 1 rings (SSSR count). The molecule has 1 aromatic carbocycles. The molecule has 0 saturated heterocycles. The van der Waals surface area contributed by atoms with Gasteiger partial charge in [-0.1, -0.05) is 36.4 Å². The van der Waals surface area contributed by atoms with Gasteiger partial charge in [0.2, 0.25) is 0 Å². The molecular formula is C8H10ClFO2. The van der Waals surface area contributed by atoms with Crippen molar-refractivity contribution in [2.24, 2.45) is 0 Å². The fourth-order valence-corrected chi connectivity index (χ4v) is 0.385. The van der Waals surface area contributed by atoms with Gasteiger partial charge in [0.05, 0.1) is 0 Å². The van der Waals surface area contributed by atoms with Crippen LogP contribution < -0.4 is 0 Å². The predicted molar refractivity (Wildman–Crippen MR) is 47.3 cm³/mol. The van der Waals surface area contributed by atoms with Crippen LogP contribution in [0.2, 0.25) is 0 Å². The summed E-state index contributed by atoms with van der Waals surface area (Å²) < 4.78 is 10.5. The van der Waals surface area contributed by atoms with E-state index in [1.54, 1.807) is 0 Å². The van der Waals surface area contributed by atoms with Crippen molar-refractivity contribution in [3.63, 3.8) is 0 Å². The van der Waals surface area contributed by atoms with Crippen LogP contribution >= 0.6 is 12.4 Å². The van der Waals surface area contributed by atoms with Gasteiger partial charge in [-0.05, 0) is 0 Å². The summed E-state index contributed by atoms with van der Waals surface area (Å²) in [5.41, 5.74) is 0. The molecule has 0 saturated carbocycles. The second kappa shape index (κ2) is 9.91. The predicted octanol–water partition coefficient (Wildman–Crippen LogP) is 2.15. The number of halogens is 2. The Labute approximate surface area is 76.4 Å². The number of aliphatic carboxylic acids is 1. The highest BCUT2D eigenvalue weighted by molar-refractivity contribution is 5.85. The van der Waals surface area contributed by atoms with Crippen LogP contribution in [-0.4, -0.2) is 17.8 Å². The molecule has 0 aliphatic rings. The number of carboxylic acids is 1. The molecule has 0 aliphatic carbocycles. The maximum absolute atomic E-state index is 10.5. The van der Waals surface area contributed by atoms with Crippen LogP contribution in [0.15, 0.2) is 36.4 Å². The van der Waals surface area contributed by atoms with Crippen molar-refractivity contribution in [1.82, 2.24) is 0 Å². The second-order valence-electron chi connectivity index (χ2n) is 1.68. The topological polar surface area (TPSA) is 37.3 Å². The lowest BCUT2D eigenvalue weighted by Crippen LogP contribution is -1.93. The minimum Gasteiger partial charge on any atom is -0.479 e. The van der Waals surface area contributed by atoms with Crippen molar-refractivity contribution in [2.45, 2.75) is 0 Å². The van der Waals surface area contributed by atoms with Gasteiger partial charge in [-0.3, -0.25) is 0 Å². The zero-order valence-corrected chi connectivity index (χ0v) is 7.13. The first-order valence-electron chi connectivity index (χ1n) is 3.05. The summed E-state index contributed by atoms with van der Waals surface area (Å²) in [5.74, 6) is -1.41. The molecule has 0 aliphatic heterocycles. The SMILES string of the molecule is Cl.O=C(O)CF.c1ccccc1. The summed E-state index contributed by atoms with van der Waals surface area (Å²) in [6.45, 7) is -1.28. The number of alkyl halides is 1. The number of hydrogen-bond acceptors (Lipinski definition) is 1. The minimum absolute atomic E-state index is 0. The highest BCUT2D eigenvalue weighted by Crippen LogP contribution is 1.79. The highest BCUT2D eigenvalue weighted by Gasteiger charge is 1.85. The molecule has 1 N–H and O–H groups in total. The normalized spacial score (nSPS) is 7.08. The molecule has 0 aromatic heterocycles. The summed E-state index contributed by atoms with van der Waals surface area (Å²) in [7, 11) is 0. The number of benzene rings is 1. The summed E-state index contributed by atoms with van der Waals surface area (Å²) in [6.07, 6.45) is 0. The van der Waals surface area contributed by atoms with Crippen molar-refractivity contribution in [2.75, 3.05) is 6.67 Å². The van der Waals surface area contributed by atoms with Crippen molar-refractivity contribution in [3.05, 3.63) is 36.4 Å². The monoisotopic (exact) mass is 192 g/mol. The van der Waals surface area contributed by atoms with Gasteiger partial charge in [-0.25, -0.2) is 9.18 Å². The number of hydrogen-bond donors (Lipinski definition) is 1. The van der Waals surface area contributed by atoms with Crippen molar-refractivity contribution < 1.29 is 14.3 Å². The summed E-state index contributed by atoms with van der Waals surface area (Å²) in [5, 5.41) is 7.35. The third-order valence-corrected chi connectivity index (χ3v) is 0.781. The number of rotatable bonds is 1. The van der Waals surface area contributed by atoms with Crippen molar-refractivity contribution in [1.29, 1.82) is 0 Å². The van der Waals surface area contributed by atoms with E-state index in [4.69, 9.17) is 9.90 Å². The zero-order valence-electron chi connectivity index (χ0n) is 6.31. The average molecular weight is 193 g/mol. The molecule has 0 heterocycles. The van der Waals surface area contributed by atoms with Crippen LogP contribution in [0.1, 0.15) is 0 Å². The molecule has 0 amide bonds. The van der Waals surface area contributed by atoms with E-state index in [-0.39, 0.29) is 12.4 Å². The Balaban J connectivity index is 0. The van der Waals surface area contributed by atoms with Crippen molar-refractivity contribution in [3.8, 4) is 0 Å². The van der Waals surface area contributed by atoms with Crippen LogP contribution in [-0.2, 0) is 4.79 Å². The van der Waals surface area contributed by atoms with E-state index in [9.17, 15) is 4.39 Å². The van der Waals surface area contributed by atoms with Gasteiger partial charge >= 0.3 is 5.97 Å². The van der Waals surface area contributed by atoms with Crippen LogP contribution in [0.4, 0.5) is 4.39 Å². The van der Waals surface area contributed by atoms with Crippen LogP contribution in [0, 0.1) is 0 Å². The third kappa shape index (κ3) is 11.7. The molecule has 0 unspecified atom stereocenters. The molecule has 0 atom stereocenters. The van der Waals surface area contributed by atoms with Gasteiger partial charge in [-0.2, -0.15) is 0 Å². The molecule has 0 fully saturated rings. The van der Waals surface area contributed by atoms with E-state index in [2.05, 4.69) is 0 Å². The largest absolute Gasteiger partial charge is 0.479 e. The lowest BCUT2D eigenvalue weighted by atomic mass is 10.4. The summed E-state index contributed by atoms with van der Waals surface area (Å²) in [6, 6.07) is 12.0. The molecule has 12 heavy (non-hydrogen) atoms. The van der Waals surface area contributed by atoms with Crippen molar-refractivity contribution >= 4 is 18.4 Å². The Morgan fingerprint density at radius 3 is 1.33 bits per heavy atom.